The van der Waals surface area contributed by atoms with Crippen molar-refractivity contribution in [1.29, 1.82) is 0 Å². The summed E-state index contributed by atoms with van der Waals surface area (Å²) >= 11 is 0. The third-order valence-corrected chi connectivity index (χ3v) is 5.97. The average molecular weight is 545 g/mol. The molecule has 0 aliphatic carbocycles. The molecular weight excluding hydrogens is 526 g/mol. The van der Waals surface area contributed by atoms with E-state index >= 15 is 0 Å². The summed E-state index contributed by atoms with van der Waals surface area (Å²) in [6.45, 7) is 0. The number of rotatable bonds is 6. The molecule has 5 aromatic rings. The minimum atomic E-state index is -4.61. The van der Waals surface area contributed by atoms with Crippen molar-refractivity contribution in [3.63, 3.8) is 0 Å². The number of para-hydroxylation sites is 1. The van der Waals surface area contributed by atoms with Crippen molar-refractivity contribution in [2.75, 3.05) is 0 Å². The van der Waals surface area contributed by atoms with E-state index in [0.29, 0.717) is 28.1 Å². The predicted octanol–water partition coefficient (Wildman–Crippen LogP) is 6.98. The van der Waals surface area contributed by atoms with Crippen LogP contribution in [0.4, 0.5) is 17.6 Å². The Morgan fingerprint density at radius 3 is 2.40 bits per heavy atom. The average Bonchev–Trinajstić information content (AvgIpc) is 3.32. The van der Waals surface area contributed by atoms with Gasteiger partial charge in [0.25, 0.3) is 5.91 Å². The first-order valence-corrected chi connectivity index (χ1v) is 11.9. The SMILES string of the molecule is O=C(Oc1ccccc1C=NNC(=O)c1[nH]c2ccc(F)cc2c1-c1ccccc1)c1cccc(C(F)(F)F)c1. The number of hydrogen-bond acceptors (Lipinski definition) is 4. The van der Waals surface area contributed by atoms with Crippen molar-refractivity contribution < 1.29 is 31.9 Å². The van der Waals surface area contributed by atoms with Gasteiger partial charge in [0.15, 0.2) is 0 Å². The number of nitrogens with zero attached hydrogens (tertiary/aromatic N) is 1. The number of ether oxygens (including phenoxy) is 1. The Hall–Kier alpha value is -5.25. The van der Waals surface area contributed by atoms with Crippen LogP contribution in [0.5, 0.6) is 5.75 Å². The molecule has 5 rings (SSSR count). The highest BCUT2D eigenvalue weighted by Crippen LogP contribution is 2.33. The molecule has 0 atom stereocenters. The quantitative estimate of drug-likeness (QED) is 0.0794. The van der Waals surface area contributed by atoms with Crippen LogP contribution in [0.1, 0.15) is 32.0 Å². The van der Waals surface area contributed by atoms with Crippen LogP contribution in [0.25, 0.3) is 22.0 Å². The van der Waals surface area contributed by atoms with Crippen LogP contribution in [0.3, 0.4) is 0 Å². The maximum atomic E-state index is 14.0. The van der Waals surface area contributed by atoms with Crippen LogP contribution in [0.15, 0.2) is 102 Å². The Labute approximate surface area is 224 Å². The molecule has 6 nitrogen and oxygen atoms in total. The lowest BCUT2D eigenvalue weighted by atomic mass is 10.0. The lowest BCUT2D eigenvalue weighted by molar-refractivity contribution is -0.137. The van der Waals surface area contributed by atoms with Crippen molar-refractivity contribution in [3.8, 4) is 16.9 Å². The minimum absolute atomic E-state index is 0.0222. The summed E-state index contributed by atoms with van der Waals surface area (Å²) in [5, 5.41) is 4.49. The predicted molar refractivity (Wildman–Crippen MR) is 142 cm³/mol. The van der Waals surface area contributed by atoms with Gasteiger partial charge in [-0.1, -0.05) is 48.5 Å². The number of carbonyl (C=O) groups excluding carboxylic acids is 2. The summed E-state index contributed by atoms with van der Waals surface area (Å²) in [5.74, 6) is -2.03. The number of hydrogen-bond donors (Lipinski definition) is 2. The van der Waals surface area contributed by atoms with Gasteiger partial charge >= 0.3 is 12.1 Å². The van der Waals surface area contributed by atoms with Gasteiger partial charge in [0, 0.05) is 22.0 Å². The molecule has 0 saturated carbocycles. The topological polar surface area (TPSA) is 83.5 Å². The van der Waals surface area contributed by atoms with Crippen LogP contribution in [0, 0.1) is 5.82 Å². The standard InChI is InChI=1S/C30H19F4N3O3/c31-22-13-14-24-23(16-22)26(18-7-2-1-3-8-18)27(36-24)28(38)37-35-17-20-9-4-5-12-25(20)40-29(39)19-10-6-11-21(15-19)30(32,33)34/h1-17,36H,(H,37,38). The first kappa shape index (κ1) is 26.4. The number of carbonyl (C=O) groups is 2. The number of esters is 1. The molecule has 4 aromatic carbocycles. The first-order valence-electron chi connectivity index (χ1n) is 11.9. The maximum absolute atomic E-state index is 14.0. The Kier molecular flexibility index (Phi) is 7.15. The number of fused-ring (bicyclic) bond motifs is 1. The Morgan fingerprint density at radius 2 is 1.62 bits per heavy atom. The fourth-order valence-corrected chi connectivity index (χ4v) is 4.12. The molecule has 0 spiro atoms. The monoisotopic (exact) mass is 545 g/mol. The molecule has 1 amide bonds. The zero-order chi connectivity index (χ0) is 28.3. The number of benzene rings is 4. The van der Waals surface area contributed by atoms with Crippen LogP contribution < -0.4 is 10.2 Å². The molecule has 1 heterocycles. The Morgan fingerprint density at radius 1 is 0.875 bits per heavy atom. The van der Waals surface area contributed by atoms with Crippen molar-refractivity contribution in [1.82, 2.24) is 10.4 Å². The van der Waals surface area contributed by atoms with E-state index in [9.17, 15) is 27.2 Å². The molecule has 0 aliphatic heterocycles. The number of alkyl halides is 3. The highest BCUT2D eigenvalue weighted by atomic mass is 19.4. The molecule has 0 aliphatic rings. The zero-order valence-electron chi connectivity index (χ0n) is 20.5. The largest absolute Gasteiger partial charge is 0.422 e. The summed E-state index contributed by atoms with van der Waals surface area (Å²) in [4.78, 5) is 28.7. The normalized spacial score (nSPS) is 11.6. The van der Waals surface area contributed by atoms with E-state index in [1.165, 1.54) is 36.5 Å². The smallest absolute Gasteiger partial charge is 0.416 e. The molecule has 0 bridgehead atoms. The van der Waals surface area contributed by atoms with Gasteiger partial charge in [-0.2, -0.15) is 18.3 Å². The molecule has 10 heteroatoms. The second kappa shape index (κ2) is 10.9. The number of aromatic nitrogens is 1. The van der Waals surface area contributed by atoms with Crippen molar-refractivity contribution >= 4 is 29.0 Å². The third-order valence-electron chi connectivity index (χ3n) is 5.97. The van der Waals surface area contributed by atoms with Crippen molar-refractivity contribution in [3.05, 3.63) is 125 Å². The number of halogens is 4. The maximum Gasteiger partial charge on any atom is 0.416 e. The number of amides is 1. The van der Waals surface area contributed by atoms with Crippen LogP contribution in [-0.2, 0) is 6.18 Å². The molecular formula is C30H19F4N3O3. The van der Waals surface area contributed by atoms with Gasteiger partial charge in [-0.25, -0.2) is 14.6 Å². The molecule has 0 saturated heterocycles. The number of hydrazone groups is 1. The van der Waals surface area contributed by atoms with Gasteiger partial charge in [-0.3, -0.25) is 4.79 Å². The van der Waals surface area contributed by atoms with Gasteiger partial charge in [0.1, 0.15) is 17.3 Å². The van der Waals surface area contributed by atoms with Gasteiger partial charge in [0.2, 0.25) is 0 Å². The highest BCUT2D eigenvalue weighted by molar-refractivity contribution is 6.09. The fraction of sp³-hybridized carbons (Fsp3) is 0.0333. The molecule has 40 heavy (non-hydrogen) atoms. The van der Waals surface area contributed by atoms with E-state index in [1.54, 1.807) is 42.5 Å². The highest BCUT2D eigenvalue weighted by Gasteiger charge is 2.31. The molecule has 2 N–H and O–H groups in total. The molecule has 0 radical (unpaired) electrons. The summed E-state index contributed by atoms with van der Waals surface area (Å²) in [6.07, 6.45) is -3.38. The number of nitrogens with one attached hydrogen (secondary N) is 2. The van der Waals surface area contributed by atoms with E-state index in [2.05, 4.69) is 15.5 Å². The van der Waals surface area contributed by atoms with E-state index in [0.717, 1.165) is 12.1 Å². The van der Waals surface area contributed by atoms with E-state index in [-0.39, 0.29) is 22.6 Å². The zero-order valence-corrected chi connectivity index (χ0v) is 20.5. The van der Waals surface area contributed by atoms with Gasteiger partial charge in [0.05, 0.1) is 17.3 Å². The van der Waals surface area contributed by atoms with E-state index in [1.807, 2.05) is 6.07 Å². The summed E-state index contributed by atoms with van der Waals surface area (Å²) in [5.41, 5.74) is 3.35. The van der Waals surface area contributed by atoms with Crippen molar-refractivity contribution in [2.24, 2.45) is 5.10 Å². The van der Waals surface area contributed by atoms with E-state index < -0.39 is 29.4 Å². The number of H-pyrrole nitrogens is 1. The van der Waals surface area contributed by atoms with Crippen molar-refractivity contribution in [2.45, 2.75) is 6.18 Å². The molecule has 0 fully saturated rings. The summed E-state index contributed by atoms with van der Waals surface area (Å²) in [6, 6.07) is 23.2. The van der Waals surface area contributed by atoms with Crippen LogP contribution in [0.2, 0.25) is 0 Å². The van der Waals surface area contributed by atoms with Crippen LogP contribution >= 0.6 is 0 Å². The van der Waals surface area contributed by atoms with Crippen LogP contribution in [-0.4, -0.2) is 23.1 Å². The van der Waals surface area contributed by atoms with Gasteiger partial charge < -0.3 is 9.72 Å². The molecule has 0 unspecified atom stereocenters. The van der Waals surface area contributed by atoms with Gasteiger partial charge in [-0.05, 0) is 54.1 Å². The fourth-order valence-electron chi connectivity index (χ4n) is 4.12. The molecule has 1 aromatic heterocycles. The molecule has 200 valence electrons. The number of aromatic amines is 1. The Balaban J connectivity index is 1.37. The summed E-state index contributed by atoms with van der Waals surface area (Å²) < 4.78 is 58.4. The van der Waals surface area contributed by atoms with E-state index in [4.69, 9.17) is 4.74 Å². The first-order chi connectivity index (χ1) is 19.2. The minimum Gasteiger partial charge on any atom is -0.422 e. The third kappa shape index (κ3) is 5.60. The Bertz CT molecular complexity index is 1740. The lowest BCUT2D eigenvalue weighted by Crippen LogP contribution is -2.19. The lowest BCUT2D eigenvalue weighted by Gasteiger charge is -2.10. The second-order valence-electron chi connectivity index (χ2n) is 8.64. The van der Waals surface area contributed by atoms with Gasteiger partial charge in [-0.15, -0.1) is 0 Å². The summed E-state index contributed by atoms with van der Waals surface area (Å²) in [7, 11) is 0. The second-order valence-corrected chi connectivity index (χ2v) is 8.64.